The van der Waals surface area contributed by atoms with E-state index in [0.29, 0.717) is 12.5 Å². The quantitative estimate of drug-likeness (QED) is 0.840. The topological polar surface area (TPSA) is 53.9 Å². The Labute approximate surface area is 160 Å². The SMILES string of the molecule is COc1ccc(NC(=O)CC2CSC(=NC3CCCC3)N2C)cc1.Cl. The molecule has 3 rings (SSSR count). The Balaban J connectivity index is 0.00000225. The molecule has 1 heterocycles. The lowest BCUT2D eigenvalue weighted by Crippen LogP contribution is -2.34. The number of hydrogen-bond acceptors (Lipinski definition) is 4. The molecule has 1 amide bonds. The molecule has 0 radical (unpaired) electrons. The summed E-state index contributed by atoms with van der Waals surface area (Å²) in [6.07, 6.45) is 5.49. The highest BCUT2D eigenvalue weighted by atomic mass is 35.5. The van der Waals surface area contributed by atoms with E-state index in [2.05, 4.69) is 17.3 Å². The number of anilines is 1. The van der Waals surface area contributed by atoms with E-state index in [1.54, 1.807) is 18.9 Å². The second kappa shape index (κ2) is 9.34. The highest BCUT2D eigenvalue weighted by molar-refractivity contribution is 8.14. The fraction of sp³-hybridized carbons (Fsp3) is 0.556. The number of amidine groups is 1. The first-order valence-corrected chi connectivity index (χ1v) is 9.51. The third kappa shape index (κ3) is 5.28. The van der Waals surface area contributed by atoms with Crippen molar-refractivity contribution in [2.75, 3.05) is 25.2 Å². The average molecular weight is 384 g/mol. The number of carbonyl (C=O) groups is 1. The monoisotopic (exact) mass is 383 g/mol. The van der Waals surface area contributed by atoms with E-state index >= 15 is 0 Å². The normalized spacial score (nSPS) is 22.1. The van der Waals surface area contributed by atoms with E-state index in [1.807, 2.05) is 24.3 Å². The lowest BCUT2D eigenvalue weighted by molar-refractivity contribution is -0.116. The van der Waals surface area contributed by atoms with Crippen LogP contribution in [0.5, 0.6) is 5.75 Å². The molecule has 1 aromatic carbocycles. The van der Waals surface area contributed by atoms with E-state index < -0.39 is 0 Å². The maximum atomic E-state index is 12.3. The molecular formula is C18H26ClN3O2S. The molecule has 7 heteroatoms. The molecule has 2 aliphatic rings. The van der Waals surface area contributed by atoms with Crippen LogP contribution in [0.2, 0.25) is 0 Å². The number of hydrogen-bond donors (Lipinski definition) is 1. The molecule has 1 unspecified atom stereocenters. The summed E-state index contributed by atoms with van der Waals surface area (Å²) in [6, 6.07) is 8.11. The van der Waals surface area contributed by atoms with Crippen LogP contribution < -0.4 is 10.1 Å². The summed E-state index contributed by atoms with van der Waals surface area (Å²) in [7, 11) is 3.69. The van der Waals surface area contributed by atoms with Crippen LogP contribution in [-0.4, -0.2) is 48.0 Å². The molecule has 1 atom stereocenters. The molecule has 1 saturated heterocycles. The first kappa shape index (κ1) is 19.9. The van der Waals surface area contributed by atoms with Gasteiger partial charge in [-0.1, -0.05) is 24.6 Å². The second-order valence-electron chi connectivity index (χ2n) is 6.41. The summed E-state index contributed by atoms with van der Waals surface area (Å²) in [5, 5.41) is 4.06. The lowest BCUT2D eigenvalue weighted by Gasteiger charge is -2.21. The summed E-state index contributed by atoms with van der Waals surface area (Å²) in [6.45, 7) is 0. The summed E-state index contributed by atoms with van der Waals surface area (Å²) in [4.78, 5) is 19.4. The van der Waals surface area contributed by atoms with Crippen LogP contribution in [0.15, 0.2) is 29.3 Å². The minimum Gasteiger partial charge on any atom is -0.497 e. The molecular weight excluding hydrogens is 358 g/mol. The van der Waals surface area contributed by atoms with Gasteiger partial charge in [0, 0.05) is 31.0 Å². The van der Waals surface area contributed by atoms with Crippen LogP contribution in [0.3, 0.4) is 0 Å². The van der Waals surface area contributed by atoms with Crippen molar-refractivity contribution < 1.29 is 9.53 Å². The van der Waals surface area contributed by atoms with Crippen molar-refractivity contribution in [3.63, 3.8) is 0 Å². The van der Waals surface area contributed by atoms with E-state index in [9.17, 15) is 4.79 Å². The van der Waals surface area contributed by atoms with Crippen molar-refractivity contribution in [3.8, 4) is 5.75 Å². The first-order chi connectivity index (χ1) is 11.7. The number of aliphatic imine (C=N–C) groups is 1. The fourth-order valence-corrected chi connectivity index (χ4v) is 4.41. The van der Waals surface area contributed by atoms with Crippen LogP contribution in [0.1, 0.15) is 32.1 Å². The maximum absolute atomic E-state index is 12.3. The number of amides is 1. The molecule has 2 fully saturated rings. The first-order valence-electron chi connectivity index (χ1n) is 8.53. The van der Waals surface area contributed by atoms with Crippen LogP contribution >= 0.6 is 24.2 Å². The third-order valence-corrected chi connectivity index (χ3v) is 5.87. The Morgan fingerprint density at radius 2 is 2.00 bits per heavy atom. The lowest BCUT2D eigenvalue weighted by atomic mass is 10.2. The van der Waals surface area contributed by atoms with Crippen molar-refractivity contribution in [3.05, 3.63) is 24.3 Å². The Morgan fingerprint density at radius 1 is 1.32 bits per heavy atom. The summed E-state index contributed by atoms with van der Waals surface area (Å²) >= 11 is 1.78. The number of nitrogens with zero attached hydrogens (tertiary/aromatic N) is 2. The molecule has 1 aromatic rings. The number of halogens is 1. The smallest absolute Gasteiger partial charge is 0.226 e. The number of rotatable bonds is 5. The minimum absolute atomic E-state index is 0. The fourth-order valence-electron chi connectivity index (χ4n) is 3.15. The van der Waals surface area contributed by atoms with Gasteiger partial charge in [-0.3, -0.25) is 9.79 Å². The van der Waals surface area contributed by atoms with Gasteiger partial charge in [0.2, 0.25) is 5.91 Å². The molecule has 1 aliphatic heterocycles. The molecule has 0 spiro atoms. The van der Waals surface area contributed by atoms with Gasteiger partial charge >= 0.3 is 0 Å². The number of benzene rings is 1. The maximum Gasteiger partial charge on any atom is 0.226 e. The molecule has 25 heavy (non-hydrogen) atoms. The summed E-state index contributed by atoms with van der Waals surface area (Å²) < 4.78 is 5.13. The highest BCUT2D eigenvalue weighted by Crippen LogP contribution is 2.29. The zero-order valence-electron chi connectivity index (χ0n) is 14.7. The highest BCUT2D eigenvalue weighted by Gasteiger charge is 2.30. The van der Waals surface area contributed by atoms with Gasteiger partial charge in [0.25, 0.3) is 0 Å². The van der Waals surface area contributed by atoms with Crippen LogP contribution in [0, 0.1) is 0 Å². The largest absolute Gasteiger partial charge is 0.497 e. The predicted octanol–water partition coefficient (Wildman–Crippen LogP) is 3.79. The minimum atomic E-state index is 0. The van der Waals surface area contributed by atoms with Crippen LogP contribution in [0.4, 0.5) is 5.69 Å². The van der Waals surface area contributed by atoms with Crippen molar-refractivity contribution in [1.29, 1.82) is 0 Å². The van der Waals surface area contributed by atoms with Crippen molar-refractivity contribution >= 4 is 40.9 Å². The van der Waals surface area contributed by atoms with Crippen molar-refractivity contribution in [2.24, 2.45) is 4.99 Å². The predicted molar refractivity (Wildman–Crippen MR) is 107 cm³/mol. The van der Waals surface area contributed by atoms with Gasteiger partial charge in [-0.2, -0.15) is 0 Å². The average Bonchev–Trinajstić information content (AvgIpc) is 3.21. The van der Waals surface area contributed by atoms with Crippen LogP contribution in [-0.2, 0) is 4.79 Å². The number of methoxy groups -OCH3 is 1. The molecule has 138 valence electrons. The van der Waals surface area contributed by atoms with Crippen LogP contribution in [0.25, 0.3) is 0 Å². The molecule has 1 N–H and O–H groups in total. The Bertz CT molecular complexity index is 603. The van der Waals surface area contributed by atoms with Gasteiger partial charge in [-0.15, -0.1) is 12.4 Å². The van der Waals surface area contributed by atoms with Gasteiger partial charge in [0.05, 0.1) is 13.2 Å². The number of ether oxygens (including phenoxy) is 1. The van der Waals surface area contributed by atoms with Crippen molar-refractivity contribution in [2.45, 2.75) is 44.2 Å². The van der Waals surface area contributed by atoms with E-state index in [-0.39, 0.29) is 24.4 Å². The standard InChI is InChI=1S/C18H25N3O2S.ClH/c1-21-15(12-24-18(21)20-13-5-3-4-6-13)11-17(22)19-14-7-9-16(23-2)10-8-14;/h7-10,13,15H,3-6,11-12H2,1-2H3,(H,19,22);1H. The summed E-state index contributed by atoms with van der Waals surface area (Å²) in [5.41, 5.74) is 0.800. The summed E-state index contributed by atoms with van der Waals surface area (Å²) in [5.74, 6) is 1.75. The van der Waals surface area contributed by atoms with Crippen molar-refractivity contribution in [1.82, 2.24) is 4.90 Å². The van der Waals surface area contributed by atoms with Gasteiger partial charge < -0.3 is 15.0 Å². The Morgan fingerprint density at radius 3 is 2.64 bits per heavy atom. The van der Waals surface area contributed by atoms with E-state index in [0.717, 1.165) is 22.4 Å². The van der Waals surface area contributed by atoms with E-state index in [1.165, 1.54) is 25.7 Å². The van der Waals surface area contributed by atoms with Gasteiger partial charge in [-0.05, 0) is 37.1 Å². The second-order valence-corrected chi connectivity index (χ2v) is 7.39. The van der Waals surface area contributed by atoms with E-state index in [4.69, 9.17) is 9.73 Å². The van der Waals surface area contributed by atoms with Gasteiger partial charge in [0.15, 0.2) is 5.17 Å². The number of thioether (sulfide) groups is 1. The van der Waals surface area contributed by atoms with Gasteiger partial charge in [0.1, 0.15) is 5.75 Å². The van der Waals surface area contributed by atoms with Gasteiger partial charge in [-0.25, -0.2) is 0 Å². The molecule has 0 aromatic heterocycles. The molecule has 1 saturated carbocycles. The number of nitrogens with one attached hydrogen (secondary N) is 1. The zero-order chi connectivity index (χ0) is 16.9. The molecule has 5 nitrogen and oxygen atoms in total. The zero-order valence-corrected chi connectivity index (χ0v) is 16.4. The molecule has 1 aliphatic carbocycles. The third-order valence-electron chi connectivity index (χ3n) is 4.67. The Hall–Kier alpha value is -1.40. The molecule has 0 bridgehead atoms. The number of carbonyl (C=O) groups excluding carboxylic acids is 1. The Kier molecular flexibility index (Phi) is 7.44.